The van der Waals surface area contributed by atoms with Crippen LogP contribution in [0.25, 0.3) is 5.69 Å². The highest BCUT2D eigenvalue weighted by Crippen LogP contribution is 2.23. The van der Waals surface area contributed by atoms with Gasteiger partial charge in [0.15, 0.2) is 11.4 Å². The fraction of sp³-hybridized carbons (Fsp3) is 0.111. The molecule has 3 aromatic rings. The Labute approximate surface area is 133 Å². The lowest BCUT2D eigenvalue weighted by atomic mass is 10.2. The summed E-state index contributed by atoms with van der Waals surface area (Å²) in [6, 6.07) is 17.1. The van der Waals surface area contributed by atoms with E-state index in [-0.39, 0.29) is 11.4 Å². The molecule has 0 aliphatic rings. The van der Waals surface area contributed by atoms with Crippen LogP contribution in [0.2, 0.25) is 0 Å². The normalized spacial score (nSPS) is 10.5. The molecule has 0 bridgehead atoms. The molecule has 0 saturated carbocycles. The van der Waals surface area contributed by atoms with Crippen LogP contribution in [-0.2, 0) is 6.61 Å². The van der Waals surface area contributed by atoms with E-state index in [1.807, 2.05) is 61.5 Å². The molecule has 3 rings (SSSR count). The quantitative estimate of drug-likeness (QED) is 0.784. The van der Waals surface area contributed by atoms with Crippen LogP contribution in [-0.4, -0.2) is 20.9 Å². The lowest BCUT2D eigenvalue weighted by molar-refractivity contribution is 0.0681. The SMILES string of the molecule is Cc1ccc(-n2ncc(OCc3ccccc3)c2C(=O)O)cc1. The fourth-order valence-electron chi connectivity index (χ4n) is 2.25. The van der Waals surface area contributed by atoms with Gasteiger partial charge in [-0.2, -0.15) is 5.10 Å². The van der Waals surface area contributed by atoms with Gasteiger partial charge in [0.2, 0.25) is 0 Å². The third-order valence-corrected chi connectivity index (χ3v) is 3.45. The minimum Gasteiger partial charge on any atom is -0.485 e. The zero-order chi connectivity index (χ0) is 16.2. The molecule has 2 aromatic carbocycles. The lowest BCUT2D eigenvalue weighted by Gasteiger charge is -2.08. The van der Waals surface area contributed by atoms with E-state index < -0.39 is 5.97 Å². The average molecular weight is 308 g/mol. The van der Waals surface area contributed by atoms with E-state index in [0.717, 1.165) is 11.1 Å². The van der Waals surface area contributed by atoms with Gasteiger partial charge in [0.25, 0.3) is 0 Å². The topological polar surface area (TPSA) is 64.4 Å². The molecular weight excluding hydrogens is 292 g/mol. The van der Waals surface area contributed by atoms with Crippen LogP contribution in [0.4, 0.5) is 0 Å². The van der Waals surface area contributed by atoms with Crippen molar-refractivity contribution in [3.8, 4) is 11.4 Å². The molecule has 0 aliphatic heterocycles. The highest BCUT2D eigenvalue weighted by atomic mass is 16.5. The predicted octanol–water partition coefficient (Wildman–Crippen LogP) is 3.46. The highest BCUT2D eigenvalue weighted by molar-refractivity contribution is 5.89. The number of nitrogens with zero attached hydrogens (tertiary/aromatic N) is 2. The van der Waals surface area contributed by atoms with Gasteiger partial charge in [-0.15, -0.1) is 0 Å². The third kappa shape index (κ3) is 3.23. The number of carboxylic acids is 1. The van der Waals surface area contributed by atoms with Gasteiger partial charge in [-0.05, 0) is 24.6 Å². The van der Waals surface area contributed by atoms with Crippen molar-refractivity contribution < 1.29 is 14.6 Å². The number of carbonyl (C=O) groups is 1. The van der Waals surface area contributed by atoms with E-state index >= 15 is 0 Å². The number of aromatic carboxylic acids is 1. The number of benzene rings is 2. The summed E-state index contributed by atoms with van der Waals surface area (Å²) < 4.78 is 7.02. The van der Waals surface area contributed by atoms with Crippen LogP contribution in [0.15, 0.2) is 60.8 Å². The third-order valence-electron chi connectivity index (χ3n) is 3.45. The lowest BCUT2D eigenvalue weighted by Crippen LogP contribution is -2.10. The van der Waals surface area contributed by atoms with Crippen molar-refractivity contribution in [3.63, 3.8) is 0 Å². The van der Waals surface area contributed by atoms with Gasteiger partial charge in [0.05, 0.1) is 11.9 Å². The predicted molar refractivity (Wildman–Crippen MR) is 86.0 cm³/mol. The molecular formula is C18H16N2O3. The van der Waals surface area contributed by atoms with Crippen molar-refractivity contribution >= 4 is 5.97 Å². The van der Waals surface area contributed by atoms with E-state index in [1.165, 1.54) is 10.9 Å². The number of rotatable bonds is 5. The first-order valence-electron chi connectivity index (χ1n) is 7.20. The summed E-state index contributed by atoms with van der Waals surface area (Å²) in [7, 11) is 0. The Morgan fingerprint density at radius 1 is 1.13 bits per heavy atom. The van der Waals surface area contributed by atoms with Crippen molar-refractivity contribution in [1.82, 2.24) is 9.78 Å². The first-order chi connectivity index (χ1) is 11.1. The number of hydrogen-bond donors (Lipinski definition) is 1. The molecule has 1 aromatic heterocycles. The summed E-state index contributed by atoms with van der Waals surface area (Å²) in [6.45, 7) is 2.26. The molecule has 0 fully saturated rings. The summed E-state index contributed by atoms with van der Waals surface area (Å²) in [4.78, 5) is 11.6. The Bertz CT molecular complexity index is 808. The van der Waals surface area contributed by atoms with Crippen molar-refractivity contribution in [1.29, 1.82) is 0 Å². The largest absolute Gasteiger partial charge is 0.485 e. The molecule has 5 heteroatoms. The van der Waals surface area contributed by atoms with Crippen molar-refractivity contribution in [2.45, 2.75) is 13.5 Å². The molecule has 0 saturated heterocycles. The van der Waals surface area contributed by atoms with Crippen LogP contribution in [0.3, 0.4) is 0 Å². The number of aryl methyl sites for hydroxylation is 1. The number of carboxylic acid groups (broad SMARTS) is 1. The van der Waals surface area contributed by atoms with Gasteiger partial charge in [-0.1, -0.05) is 48.0 Å². The molecule has 0 radical (unpaired) electrons. The maximum absolute atomic E-state index is 11.6. The molecule has 0 amide bonds. The van der Waals surface area contributed by atoms with E-state index in [4.69, 9.17) is 4.74 Å². The number of hydrogen-bond acceptors (Lipinski definition) is 3. The van der Waals surface area contributed by atoms with Gasteiger partial charge in [-0.3, -0.25) is 0 Å². The first kappa shape index (κ1) is 14.8. The van der Waals surface area contributed by atoms with Crippen LogP contribution in [0.1, 0.15) is 21.6 Å². The number of aromatic nitrogens is 2. The molecule has 0 spiro atoms. The van der Waals surface area contributed by atoms with Crippen molar-refractivity contribution in [3.05, 3.63) is 77.6 Å². The average Bonchev–Trinajstić information content (AvgIpc) is 2.99. The van der Waals surface area contributed by atoms with Crippen LogP contribution in [0, 0.1) is 6.92 Å². The zero-order valence-electron chi connectivity index (χ0n) is 12.6. The summed E-state index contributed by atoms with van der Waals surface area (Å²) in [5.41, 5.74) is 2.76. The minimum absolute atomic E-state index is 0.0183. The van der Waals surface area contributed by atoms with E-state index in [0.29, 0.717) is 12.3 Å². The fourth-order valence-corrected chi connectivity index (χ4v) is 2.25. The second kappa shape index (κ2) is 6.36. The summed E-state index contributed by atoms with van der Waals surface area (Å²) in [6.07, 6.45) is 1.44. The second-order valence-corrected chi connectivity index (χ2v) is 5.18. The maximum Gasteiger partial charge on any atom is 0.358 e. The zero-order valence-corrected chi connectivity index (χ0v) is 12.6. The Morgan fingerprint density at radius 3 is 2.48 bits per heavy atom. The van der Waals surface area contributed by atoms with Gasteiger partial charge < -0.3 is 9.84 Å². The van der Waals surface area contributed by atoms with Crippen molar-refractivity contribution in [2.75, 3.05) is 0 Å². The van der Waals surface area contributed by atoms with Gasteiger partial charge in [-0.25, -0.2) is 9.48 Å². The Balaban J connectivity index is 1.89. The first-order valence-corrected chi connectivity index (χ1v) is 7.20. The highest BCUT2D eigenvalue weighted by Gasteiger charge is 2.20. The molecule has 116 valence electrons. The molecule has 5 nitrogen and oxygen atoms in total. The molecule has 1 N–H and O–H groups in total. The van der Waals surface area contributed by atoms with E-state index in [1.54, 1.807) is 0 Å². The van der Waals surface area contributed by atoms with Crippen LogP contribution < -0.4 is 4.74 Å². The maximum atomic E-state index is 11.6. The standard InChI is InChI=1S/C18H16N2O3/c1-13-7-9-15(10-8-13)20-17(18(21)22)16(11-19-20)23-12-14-5-3-2-4-6-14/h2-11H,12H2,1H3,(H,21,22). The summed E-state index contributed by atoms with van der Waals surface area (Å²) in [5, 5.41) is 13.7. The van der Waals surface area contributed by atoms with E-state index in [9.17, 15) is 9.90 Å². The molecule has 1 heterocycles. The molecule has 0 atom stereocenters. The van der Waals surface area contributed by atoms with Crippen molar-refractivity contribution in [2.24, 2.45) is 0 Å². The summed E-state index contributed by atoms with van der Waals surface area (Å²) >= 11 is 0. The summed E-state index contributed by atoms with van der Waals surface area (Å²) in [5.74, 6) is -0.826. The molecule has 0 aliphatic carbocycles. The monoisotopic (exact) mass is 308 g/mol. The van der Waals surface area contributed by atoms with Crippen LogP contribution >= 0.6 is 0 Å². The van der Waals surface area contributed by atoms with Gasteiger partial charge in [0.1, 0.15) is 6.61 Å². The Morgan fingerprint density at radius 2 is 1.83 bits per heavy atom. The van der Waals surface area contributed by atoms with Gasteiger partial charge >= 0.3 is 5.97 Å². The van der Waals surface area contributed by atoms with Gasteiger partial charge in [0, 0.05) is 0 Å². The Kier molecular flexibility index (Phi) is 4.10. The number of ether oxygens (including phenoxy) is 1. The Hall–Kier alpha value is -3.08. The minimum atomic E-state index is -1.08. The second-order valence-electron chi connectivity index (χ2n) is 5.18. The molecule has 23 heavy (non-hydrogen) atoms. The van der Waals surface area contributed by atoms with E-state index in [2.05, 4.69) is 5.10 Å². The smallest absolute Gasteiger partial charge is 0.358 e. The van der Waals surface area contributed by atoms with Crippen LogP contribution in [0.5, 0.6) is 5.75 Å². The molecule has 0 unspecified atom stereocenters.